The van der Waals surface area contributed by atoms with Gasteiger partial charge in [-0.25, -0.2) is 0 Å². The van der Waals surface area contributed by atoms with Crippen LogP contribution in [0.4, 0.5) is 0 Å². The molecule has 1 nitrogen and oxygen atoms in total. The van der Waals surface area contributed by atoms with Crippen molar-refractivity contribution >= 4 is 23.2 Å². The normalized spacial score (nSPS) is 11.2. The molecule has 0 radical (unpaired) electrons. The molecule has 0 aliphatic heterocycles. The summed E-state index contributed by atoms with van der Waals surface area (Å²) in [5, 5.41) is 4.28. The van der Waals surface area contributed by atoms with Crippen LogP contribution in [0.3, 0.4) is 0 Å². The Morgan fingerprint density at radius 3 is 1.28 bits per heavy atom. The summed E-state index contributed by atoms with van der Waals surface area (Å²) in [6, 6.07) is 43.2. The fourth-order valence-electron chi connectivity index (χ4n) is 3.89. The topological polar surface area (TPSA) is 9.23 Å². The van der Waals surface area contributed by atoms with Crippen molar-refractivity contribution in [2.24, 2.45) is 0 Å². The van der Waals surface area contributed by atoms with Gasteiger partial charge in [-0.1, -0.05) is 72.8 Å². The van der Waals surface area contributed by atoms with Crippen molar-refractivity contribution in [2.75, 3.05) is 12.8 Å². The molecule has 0 saturated carbocycles. The first-order valence-electron chi connectivity index (χ1n) is 10.1. The molecule has 0 amide bonds. The number of rotatable bonds is 8. The molecule has 2 heteroatoms. The highest BCUT2D eigenvalue weighted by atomic mass is 31.2. The van der Waals surface area contributed by atoms with Crippen molar-refractivity contribution in [1.82, 2.24) is 0 Å². The molecule has 0 aliphatic rings. The number of ether oxygens (including phenoxy) is 1. The Labute approximate surface area is 174 Å². The maximum absolute atomic E-state index is 6.03. The monoisotopic (exact) mass is 397 g/mol. The van der Waals surface area contributed by atoms with Gasteiger partial charge in [-0.15, -0.1) is 0 Å². The third-order valence-corrected chi connectivity index (χ3v) is 9.77. The molecule has 4 aromatic rings. The summed E-state index contributed by atoms with van der Waals surface area (Å²) in [6.07, 6.45) is 2.08. The van der Waals surface area contributed by atoms with Crippen molar-refractivity contribution in [1.29, 1.82) is 0 Å². The highest BCUT2D eigenvalue weighted by Crippen LogP contribution is 2.55. The molecular weight excluding hydrogens is 371 g/mol. The van der Waals surface area contributed by atoms with Gasteiger partial charge in [0.2, 0.25) is 0 Å². The van der Waals surface area contributed by atoms with Crippen LogP contribution in [-0.2, 0) is 0 Å². The highest BCUT2D eigenvalue weighted by molar-refractivity contribution is 7.95. The molecule has 0 bridgehead atoms. The summed E-state index contributed by atoms with van der Waals surface area (Å²) >= 11 is 0. The van der Waals surface area contributed by atoms with Gasteiger partial charge in [0.15, 0.2) is 0 Å². The lowest BCUT2D eigenvalue weighted by Gasteiger charge is -2.27. The van der Waals surface area contributed by atoms with E-state index in [0.29, 0.717) is 0 Å². The van der Waals surface area contributed by atoms with Crippen molar-refractivity contribution < 1.29 is 4.74 Å². The van der Waals surface area contributed by atoms with Gasteiger partial charge >= 0.3 is 0 Å². The van der Waals surface area contributed by atoms with E-state index in [9.17, 15) is 0 Å². The molecule has 4 rings (SSSR count). The minimum atomic E-state index is -1.75. The molecule has 29 heavy (non-hydrogen) atoms. The number of hydrogen-bond acceptors (Lipinski definition) is 1. The predicted molar refractivity (Wildman–Crippen MR) is 127 cm³/mol. The zero-order chi connectivity index (χ0) is 19.8. The van der Waals surface area contributed by atoms with Gasteiger partial charge in [-0.3, -0.25) is 0 Å². The summed E-state index contributed by atoms with van der Waals surface area (Å²) in [5.74, 6) is 0.940. The minimum absolute atomic E-state index is 0.721. The molecular formula is C27H26OP+. The minimum Gasteiger partial charge on any atom is -0.493 e. The van der Waals surface area contributed by atoms with Gasteiger partial charge in [0.25, 0.3) is 0 Å². The van der Waals surface area contributed by atoms with Gasteiger partial charge in [-0.2, -0.15) is 0 Å². The van der Waals surface area contributed by atoms with Gasteiger partial charge in [0.05, 0.1) is 12.8 Å². The first-order valence-corrected chi connectivity index (χ1v) is 12.1. The predicted octanol–water partition coefficient (Wildman–Crippen LogP) is 5.45. The summed E-state index contributed by atoms with van der Waals surface area (Å²) < 4.78 is 6.03. The van der Waals surface area contributed by atoms with Crippen LogP contribution in [0, 0.1) is 0 Å². The SMILES string of the molecule is c1ccc(OCCC[P+](c2ccccc2)(c2ccccc2)c2ccccc2)cc1. The molecule has 0 fully saturated rings. The largest absolute Gasteiger partial charge is 0.493 e. The second-order valence-corrected chi connectivity index (χ2v) is 10.7. The van der Waals surface area contributed by atoms with E-state index in [1.165, 1.54) is 15.9 Å². The first kappa shape index (κ1) is 19.4. The van der Waals surface area contributed by atoms with Crippen LogP contribution in [0.5, 0.6) is 5.75 Å². The van der Waals surface area contributed by atoms with Gasteiger partial charge in [0, 0.05) is 6.42 Å². The number of hydrogen-bond donors (Lipinski definition) is 0. The lowest BCUT2D eigenvalue weighted by atomic mass is 10.3. The standard InChI is InChI=1S/C27H26OP/c1-5-14-24(15-6-1)28-22-13-23-29(25-16-7-2-8-17-25,26-18-9-3-10-19-26)27-20-11-4-12-21-27/h1-12,14-21H,13,22-23H2/q+1. The van der Waals surface area contributed by atoms with Crippen molar-refractivity contribution in [3.05, 3.63) is 121 Å². The van der Waals surface area contributed by atoms with Crippen LogP contribution in [0.25, 0.3) is 0 Å². The number of para-hydroxylation sites is 1. The van der Waals surface area contributed by atoms with E-state index < -0.39 is 7.26 Å². The average Bonchev–Trinajstić information content (AvgIpc) is 2.82. The van der Waals surface area contributed by atoms with E-state index >= 15 is 0 Å². The zero-order valence-electron chi connectivity index (χ0n) is 16.5. The van der Waals surface area contributed by atoms with E-state index in [0.717, 1.165) is 24.9 Å². The molecule has 144 valence electrons. The summed E-state index contributed by atoms with van der Waals surface area (Å²) in [7, 11) is -1.75. The Hall–Kier alpha value is -2.89. The lowest BCUT2D eigenvalue weighted by molar-refractivity contribution is 0.318. The Kier molecular flexibility index (Phi) is 6.39. The van der Waals surface area contributed by atoms with E-state index in [1.807, 2.05) is 30.3 Å². The second-order valence-electron chi connectivity index (χ2n) is 7.06. The van der Waals surface area contributed by atoms with E-state index in [4.69, 9.17) is 4.74 Å². The Morgan fingerprint density at radius 1 is 0.483 bits per heavy atom. The van der Waals surface area contributed by atoms with Crippen LogP contribution in [0.15, 0.2) is 121 Å². The van der Waals surface area contributed by atoms with Crippen LogP contribution in [0.1, 0.15) is 6.42 Å². The zero-order valence-corrected chi connectivity index (χ0v) is 17.4. The first-order chi connectivity index (χ1) is 14.4. The van der Waals surface area contributed by atoms with Crippen molar-refractivity contribution in [2.45, 2.75) is 6.42 Å². The Balaban J connectivity index is 1.70. The third-order valence-electron chi connectivity index (χ3n) is 5.24. The quantitative estimate of drug-likeness (QED) is 0.284. The Bertz CT molecular complexity index is 889. The molecule has 4 aromatic carbocycles. The molecule has 0 aromatic heterocycles. The fourth-order valence-corrected chi connectivity index (χ4v) is 8.21. The van der Waals surface area contributed by atoms with Crippen molar-refractivity contribution in [3.63, 3.8) is 0 Å². The molecule has 0 N–H and O–H groups in total. The second kappa shape index (κ2) is 9.54. The van der Waals surface area contributed by atoms with E-state index in [1.54, 1.807) is 0 Å². The fraction of sp³-hybridized carbons (Fsp3) is 0.111. The van der Waals surface area contributed by atoms with Gasteiger partial charge in [0.1, 0.15) is 28.9 Å². The van der Waals surface area contributed by atoms with Gasteiger partial charge < -0.3 is 4.74 Å². The van der Waals surface area contributed by atoms with Crippen LogP contribution in [0.2, 0.25) is 0 Å². The van der Waals surface area contributed by atoms with E-state index in [-0.39, 0.29) is 0 Å². The average molecular weight is 397 g/mol. The molecule has 0 aliphatic carbocycles. The van der Waals surface area contributed by atoms with E-state index in [2.05, 4.69) is 91.0 Å². The summed E-state index contributed by atoms with van der Waals surface area (Å²) in [6.45, 7) is 0.721. The molecule has 0 spiro atoms. The molecule has 0 heterocycles. The maximum atomic E-state index is 6.03. The highest BCUT2D eigenvalue weighted by Gasteiger charge is 2.44. The van der Waals surface area contributed by atoms with Gasteiger partial charge in [-0.05, 0) is 48.5 Å². The third kappa shape index (κ3) is 4.42. The molecule has 0 atom stereocenters. The lowest BCUT2D eigenvalue weighted by Crippen LogP contribution is -2.33. The molecule has 0 unspecified atom stereocenters. The smallest absolute Gasteiger partial charge is 0.119 e. The molecule has 0 saturated heterocycles. The van der Waals surface area contributed by atoms with Crippen molar-refractivity contribution in [3.8, 4) is 5.75 Å². The summed E-state index contributed by atoms with van der Waals surface area (Å²) in [4.78, 5) is 0. The summed E-state index contributed by atoms with van der Waals surface area (Å²) in [5.41, 5.74) is 0. The Morgan fingerprint density at radius 2 is 0.862 bits per heavy atom. The maximum Gasteiger partial charge on any atom is 0.119 e. The van der Waals surface area contributed by atoms with Crippen LogP contribution < -0.4 is 20.7 Å². The number of benzene rings is 4. The van der Waals surface area contributed by atoms with Crippen LogP contribution >= 0.6 is 7.26 Å². The van der Waals surface area contributed by atoms with Crippen LogP contribution in [-0.4, -0.2) is 12.8 Å².